The number of hydrogen-bond donors (Lipinski definition) is 1. The molecule has 6 heteroatoms. The molecule has 1 aromatic rings. The molecule has 1 aromatic carbocycles. The fourth-order valence-electron chi connectivity index (χ4n) is 2.48. The number of methoxy groups -OCH3 is 2. The molecule has 0 spiro atoms. The Balaban J connectivity index is 2.50. The zero-order chi connectivity index (χ0) is 18.8. The molecule has 0 aromatic heterocycles. The van der Waals surface area contributed by atoms with Crippen molar-refractivity contribution in [3.05, 3.63) is 23.8 Å². The first-order chi connectivity index (χ1) is 11.9. The van der Waals surface area contributed by atoms with E-state index in [2.05, 4.69) is 19.2 Å². The van der Waals surface area contributed by atoms with Crippen molar-refractivity contribution in [2.75, 3.05) is 20.8 Å². The van der Waals surface area contributed by atoms with Crippen LogP contribution in [0, 0.1) is 5.92 Å². The summed E-state index contributed by atoms with van der Waals surface area (Å²) in [6.45, 7) is 5.98. The molecular formula is C19H29NO5. The van der Waals surface area contributed by atoms with Gasteiger partial charge in [-0.2, -0.15) is 0 Å². The van der Waals surface area contributed by atoms with E-state index in [1.54, 1.807) is 18.2 Å². The van der Waals surface area contributed by atoms with E-state index in [0.29, 0.717) is 11.7 Å². The molecule has 0 aliphatic rings. The Morgan fingerprint density at radius 3 is 2.40 bits per heavy atom. The van der Waals surface area contributed by atoms with Crippen LogP contribution in [0.2, 0.25) is 0 Å². The van der Waals surface area contributed by atoms with Crippen molar-refractivity contribution in [3.8, 4) is 11.5 Å². The molecule has 0 fully saturated rings. The van der Waals surface area contributed by atoms with Crippen LogP contribution in [0.15, 0.2) is 18.2 Å². The lowest BCUT2D eigenvalue weighted by atomic mass is 10.0. The molecule has 1 atom stereocenters. The molecule has 6 nitrogen and oxygen atoms in total. The average molecular weight is 351 g/mol. The molecule has 0 aliphatic heterocycles. The minimum atomic E-state index is -0.627. The Morgan fingerprint density at radius 1 is 1.08 bits per heavy atom. The van der Waals surface area contributed by atoms with Gasteiger partial charge in [0.1, 0.15) is 5.56 Å². The van der Waals surface area contributed by atoms with Crippen molar-refractivity contribution < 1.29 is 23.8 Å². The van der Waals surface area contributed by atoms with Gasteiger partial charge in [-0.1, -0.05) is 32.8 Å². The molecule has 0 heterocycles. The predicted molar refractivity (Wildman–Crippen MR) is 96.1 cm³/mol. The van der Waals surface area contributed by atoms with E-state index in [-0.39, 0.29) is 29.9 Å². The number of rotatable bonds is 10. The third kappa shape index (κ3) is 7.03. The van der Waals surface area contributed by atoms with Gasteiger partial charge in [-0.05, 0) is 31.4 Å². The predicted octanol–water partition coefficient (Wildman–Crippen LogP) is 3.19. The number of benzene rings is 1. The second-order valence-corrected chi connectivity index (χ2v) is 6.41. The summed E-state index contributed by atoms with van der Waals surface area (Å²) in [6.07, 6.45) is 3.09. The topological polar surface area (TPSA) is 73.9 Å². The number of para-hydroxylation sites is 1. The summed E-state index contributed by atoms with van der Waals surface area (Å²) in [5.74, 6) is 0.435. The standard InChI is InChI=1S/C19H29NO5/c1-13(2)8-6-9-14(3)20-17(21)12-25-19(22)15-10-7-11-16(23-4)18(15)24-5/h7,10-11,13-14H,6,8-9,12H2,1-5H3,(H,20,21). The van der Waals surface area contributed by atoms with Crippen LogP contribution in [0.4, 0.5) is 0 Å². The summed E-state index contributed by atoms with van der Waals surface area (Å²) in [6, 6.07) is 4.96. The lowest BCUT2D eigenvalue weighted by Crippen LogP contribution is -2.35. The third-order valence-corrected chi connectivity index (χ3v) is 3.78. The number of amides is 1. The number of carbonyl (C=O) groups is 2. The van der Waals surface area contributed by atoms with Crippen LogP contribution >= 0.6 is 0 Å². The highest BCUT2D eigenvalue weighted by atomic mass is 16.5. The first-order valence-corrected chi connectivity index (χ1v) is 8.56. The number of ether oxygens (including phenoxy) is 3. The van der Waals surface area contributed by atoms with Crippen LogP contribution < -0.4 is 14.8 Å². The van der Waals surface area contributed by atoms with Gasteiger partial charge in [0.25, 0.3) is 5.91 Å². The molecule has 0 radical (unpaired) electrons. The van der Waals surface area contributed by atoms with E-state index in [9.17, 15) is 9.59 Å². The van der Waals surface area contributed by atoms with Crippen LogP contribution in [0.3, 0.4) is 0 Å². The van der Waals surface area contributed by atoms with Crippen LogP contribution in [-0.4, -0.2) is 38.7 Å². The first kappa shape index (κ1) is 20.8. The maximum absolute atomic E-state index is 12.2. The molecular weight excluding hydrogens is 322 g/mol. The SMILES string of the molecule is COc1cccc(C(=O)OCC(=O)NC(C)CCCC(C)C)c1OC. The van der Waals surface area contributed by atoms with Crippen LogP contribution in [-0.2, 0) is 9.53 Å². The highest BCUT2D eigenvalue weighted by Crippen LogP contribution is 2.31. The van der Waals surface area contributed by atoms with Gasteiger partial charge in [-0.3, -0.25) is 4.79 Å². The van der Waals surface area contributed by atoms with Crippen molar-refractivity contribution in [2.24, 2.45) is 5.92 Å². The van der Waals surface area contributed by atoms with Crippen LogP contribution in [0.1, 0.15) is 50.4 Å². The zero-order valence-corrected chi connectivity index (χ0v) is 15.8. The summed E-state index contributed by atoms with van der Waals surface area (Å²) in [5, 5.41) is 2.84. The lowest BCUT2D eigenvalue weighted by Gasteiger charge is -2.15. The summed E-state index contributed by atoms with van der Waals surface area (Å²) in [5.41, 5.74) is 0.222. The van der Waals surface area contributed by atoms with Gasteiger partial charge >= 0.3 is 5.97 Å². The van der Waals surface area contributed by atoms with Gasteiger partial charge in [-0.15, -0.1) is 0 Å². The quantitative estimate of drug-likeness (QED) is 0.655. The van der Waals surface area contributed by atoms with E-state index in [1.807, 2.05) is 6.92 Å². The van der Waals surface area contributed by atoms with Crippen molar-refractivity contribution >= 4 is 11.9 Å². The highest BCUT2D eigenvalue weighted by Gasteiger charge is 2.19. The van der Waals surface area contributed by atoms with Crippen LogP contribution in [0.25, 0.3) is 0 Å². The highest BCUT2D eigenvalue weighted by molar-refractivity contribution is 5.94. The summed E-state index contributed by atoms with van der Waals surface area (Å²) in [7, 11) is 2.93. The normalized spacial score (nSPS) is 11.8. The molecule has 0 aliphatic carbocycles. The number of hydrogen-bond acceptors (Lipinski definition) is 5. The van der Waals surface area contributed by atoms with Gasteiger partial charge in [0.15, 0.2) is 18.1 Å². The Hall–Kier alpha value is -2.24. The third-order valence-electron chi connectivity index (χ3n) is 3.78. The smallest absolute Gasteiger partial charge is 0.342 e. The van der Waals surface area contributed by atoms with Gasteiger partial charge in [0, 0.05) is 6.04 Å². The Morgan fingerprint density at radius 2 is 1.80 bits per heavy atom. The Bertz CT molecular complexity index is 571. The largest absolute Gasteiger partial charge is 0.493 e. The van der Waals surface area contributed by atoms with Crippen molar-refractivity contribution in [1.29, 1.82) is 0 Å². The first-order valence-electron chi connectivity index (χ1n) is 8.56. The van der Waals surface area contributed by atoms with Crippen molar-refractivity contribution in [3.63, 3.8) is 0 Å². The van der Waals surface area contributed by atoms with Gasteiger partial charge in [-0.25, -0.2) is 4.79 Å². The Kier molecular flexibility index (Phi) is 8.81. The van der Waals surface area contributed by atoms with E-state index < -0.39 is 5.97 Å². The molecule has 1 rings (SSSR count). The minimum Gasteiger partial charge on any atom is -0.493 e. The zero-order valence-electron chi connectivity index (χ0n) is 15.8. The minimum absolute atomic E-state index is 0.0521. The molecule has 1 amide bonds. The van der Waals surface area contributed by atoms with Gasteiger partial charge in [0.2, 0.25) is 0 Å². The summed E-state index contributed by atoms with van der Waals surface area (Å²) in [4.78, 5) is 24.1. The van der Waals surface area contributed by atoms with Crippen LogP contribution in [0.5, 0.6) is 11.5 Å². The summed E-state index contributed by atoms with van der Waals surface area (Å²) >= 11 is 0. The van der Waals surface area contributed by atoms with Crippen molar-refractivity contribution in [2.45, 2.75) is 46.1 Å². The molecule has 25 heavy (non-hydrogen) atoms. The average Bonchev–Trinajstić information content (AvgIpc) is 2.58. The number of nitrogens with one attached hydrogen (secondary N) is 1. The molecule has 1 N–H and O–H groups in total. The van der Waals surface area contributed by atoms with Gasteiger partial charge < -0.3 is 19.5 Å². The fraction of sp³-hybridized carbons (Fsp3) is 0.579. The summed E-state index contributed by atoms with van der Waals surface area (Å²) < 4.78 is 15.4. The van der Waals surface area contributed by atoms with Gasteiger partial charge in [0.05, 0.1) is 14.2 Å². The maximum atomic E-state index is 12.2. The fourth-order valence-corrected chi connectivity index (χ4v) is 2.48. The molecule has 1 unspecified atom stereocenters. The van der Waals surface area contributed by atoms with E-state index >= 15 is 0 Å². The van der Waals surface area contributed by atoms with E-state index in [1.165, 1.54) is 14.2 Å². The molecule has 0 bridgehead atoms. The number of carbonyl (C=O) groups excluding carboxylic acids is 2. The van der Waals surface area contributed by atoms with E-state index in [4.69, 9.17) is 14.2 Å². The molecule has 0 saturated carbocycles. The molecule has 140 valence electrons. The van der Waals surface area contributed by atoms with Crippen molar-refractivity contribution in [1.82, 2.24) is 5.32 Å². The molecule has 0 saturated heterocycles. The second-order valence-electron chi connectivity index (χ2n) is 6.41. The van der Waals surface area contributed by atoms with E-state index in [0.717, 1.165) is 19.3 Å². The number of esters is 1. The Labute approximate surface area is 149 Å². The lowest BCUT2D eigenvalue weighted by molar-refractivity contribution is -0.124. The second kappa shape index (κ2) is 10.6. The monoisotopic (exact) mass is 351 g/mol. The maximum Gasteiger partial charge on any atom is 0.342 e.